The molecule has 1 aliphatic rings. The zero-order chi connectivity index (χ0) is 11.3. The Kier molecular flexibility index (Phi) is 2.54. The smallest absolute Gasteiger partial charge is 0.195 e. The van der Waals surface area contributed by atoms with Crippen LogP contribution in [0, 0.1) is 7.14 Å². The molecule has 3 rings (SSSR count). The first-order valence-corrected chi connectivity index (χ1v) is 6.98. The summed E-state index contributed by atoms with van der Waals surface area (Å²) in [5, 5.41) is 0. The van der Waals surface area contributed by atoms with Crippen molar-refractivity contribution in [2.75, 3.05) is 0 Å². The number of halogens is 2. The molecule has 0 atom stereocenters. The molecule has 0 saturated carbocycles. The minimum atomic E-state index is 0.161. The van der Waals surface area contributed by atoms with Crippen LogP contribution in [0.15, 0.2) is 36.4 Å². The second kappa shape index (κ2) is 3.80. The molecule has 2 aromatic rings. The van der Waals surface area contributed by atoms with Crippen molar-refractivity contribution >= 4 is 51.0 Å². The molecule has 0 radical (unpaired) electrons. The highest BCUT2D eigenvalue weighted by molar-refractivity contribution is 14.1. The molecular weight excluding hydrogens is 426 g/mol. The molecule has 0 fully saturated rings. The molecule has 0 aromatic heterocycles. The number of benzene rings is 2. The van der Waals surface area contributed by atoms with Crippen LogP contribution < -0.4 is 0 Å². The first-order valence-electron chi connectivity index (χ1n) is 4.82. The molecule has 0 amide bonds. The van der Waals surface area contributed by atoms with Gasteiger partial charge in [-0.2, -0.15) is 0 Å². The maximum Gasteiger partial charge on any atom is 0.195 e. The molecule has 1 nitrogen and oxygen atoms in total. The first-order chi connectivity index (χ1) is 7.70. The van der Waals surface area contributed by atoms with Gasteiger partial charge in [-0.1, -0.05) is 30.3 Å². The highest BCUT2D eigenvalue weighted by Crippen LogP contribution is 2.39. The SMILES string of the molecule is O=C1c2ccccc2-c2ccc(I)c(I)c21. The van der Waals surface area contributed by atoms with Crippen molar-refractivity contribution in [2.45, 2.75) is 0 Å². The first kappa shape index (κ1) is 10.7. The van der Waals surface area contributed by atoms with E-state index in [2.05, 4.69) is 51.2 Å². The summed E-state index contributed by atoms with van der Waals surface area (Å²) >= 11 is 4.52. The topological polar surface area (TPSA) is 17.1 Å². The van der Waals surface area contributed by atoms with Crippen molar-refractivity contribution in [2.24, 2.45) is 0 Å². The third-order valence-corrected chi connectivity index (χ3v) is 5.84. The molecule has 0 unspecified atom stereocenters. The Labute approximate surface area is 121 Å². The second-order valence-electron chi connectivity index (χ2n) is 3.66. The predicted molar refractivity (Wildman–Crippen MR) is 80.7 cm³/mol. The number of carbonyl (C=O) groups is 1. The van der Waals surface area contributed by atoms with Crippen molar-refractivity contribution in [3.05, 3.63) is 54.7 Å². The normalized spacial score (nSPS) is 12.5. The third kappa shape index (κ3) is 1.37. The summed E-state index contributed by atoms with van der Waals surface area (Å²) in [5.41, 5.74) is 3.84. The van der Waals surface area contributed by atoms with Crippen molar-refractivity contribution in [3.8, 4) is 11.1 Å². The lowest BCUT2D eigenvalue weighted by molar-refractivity contribution is 0.104. The second-order valence-corrected chi connectivity index (χ2v) is 5.90. The molecule has 0 saturated heterocycles. The number of fused-ring (bicyclic) bond motifs is 3. The maximum absolute atomic E-state index is 12.3. The van der Waals surface area contributed by atoms with E-state index >= 15 is 0 Å². The van der Waals surface area contributed by atoms with Gasteiger partial charge in [0.25, 0.3) is 0 Å². The average molecular weight is 432 g/mol. The molecule has 1 aliphatic carbocycles. The monoisotopic (exact) mass is 432 g/mol. The van der Waals surface area contributed by atoms with Crippen LogP contribution in [0.1, 0.15) is 15.9 Å². The molecular formula is C13H6I2O. The highest BCUT2D eigenvalue weighted by Gasteiger charge is 2.28. The highest BCUT2D eigenvalue weighted by atomic mass is 127. The van der Waals surface area contributed by atoms with Gasteiger partial charge >= 0.3 is 0 Å². The molecule has 0 N–H and O–H groups in total. The Bertz CT molecular complexity index is 617. The summed E-state index contributed by atoms with van der Waals surface area (Å²) in [6, 6.07) is 11.9. The third-order valence-electron chi connectivity index (χ3n) is 2.78. The van der Waals surface area contributed by atoms with Gasteiger partial charge in [-0.25, -0.2) is 0 Å². The summed E-state index contributed by atoms with van der Waals surface area (Å²) in [7, 11) is 0. The summed E-state index contributed by atoms with van der Waals surface area (Å²) in [5.74, 6) is 0.161. The van der Waals surface area contributed by atoms with Crippen molar-refractivity contribution < 1.29 is 4.79 Å². The van der Waals surface area contributed by atoms with E-state index < -0.39 is 0 Å². The fraction of sp³-hybridized carbons (Fsp3) is 0. The molecule has 0 heterocycles. The van der Waals surface area contributed by atoms with Gasteiger partial charge < -0.3 is 0 Å². The van der Waals surface area contributed by atoms with Crippen LogP contribution in [0.4, 0.5) is 0 Å². The lowest BCUT2D eigenvalue weighted by Crippen LogP contribution is -1.99. The van der Waals surface area contributed by atoms with E-state index in [1.807, 2.05) is 30.3 Å². The summed E-state index contributed by atoms with van der Waals surface area (Å²) in [4.78, 5) is 12.3. The molecule has 2 aromatic carbocycles. The predicted octanol–water partition coefficient (Wildman–Crippen LogP) is 4.11. The lowest BCUT2D eigenvalue weighted by atomic mass is 10.1. The quantitative estimate of drug-likeness (QED) is 0.489. The zero-order valence-electron chi connectivity index (χ0n) is 8.13. The molecule has 0 aliphatic heterocycles. The van der Waals surface area contributed by atoms with Gasteiger partial charge in [0.05, 0.1) is 0 Å². The van der Waals surface area contributed by atoms with Crippen LogP contribution in [-0.2, 0) is 0 Å². The molecule has 0 bridgehead atoms. The Morgan fingerprint density at radius 3 is 2.25 bits per heavy atom. The van der Waals surface area contributed by atoms with Gasteiger partial charge in [-0.05, 0) is 62.4 Å². The standard InChI is InChI=1S/C13H6I2O/c14-10-6-5-8-7-3-1-2-4-9(7)13(16)11(8)12(10)15/h1-6H. The Morgan fingerprint density at radius 1 is 0.812 bits per heavy atom. The van der Waals surface area contributed by atoms with Gasteiger partial charge in [-0.15, -0.1) is 0 Å². The summed E-state index contributed by atoms with van der Waals surface area (Å²) in [6.07, 6.45) is 0. The Hall–Kier alpha value is -0.430. The largest absolute Gasteiger partial charge is 0.289 e. The average Bonchev–Trinajstić information content (AvgIpc) is 2.59. The van der Waals surface area contributed by atoms with Gasteiger partial charge in [0.1, 0.15) is 0 Å². The number of hydrogen-bond acceptors (Lipinski definition) is 1. The van der Waals surface area contributed by atoms with Crippen LogP contribution in [0.3, 0.4) is 0 Å². The number of carbonyl (C=O) groups excluding carboxylic acids is 1. The fourth-order valence-electron chi connectivity index (χ4n) is 2.05. The van der Waals surface area contributed by atoms with E-state index in [9.17, 15) is 4.79 Å². The van der Waals surface area contributed by atoms with Crippen molar-refractivity contribution in [1.29, 1.82) is 0 Å². The molecule has 3 heteroatoms. The fourth-order valence-corrected chi connectivity index (χ4v) is 3.21. The summed E-state index contributed by atoms with van der Waals surface area (Å²) in [6.45, 7) is 0. The van der Waals surface area contributed by atoms with Gasteiger partial charge in [-0.3, -0.25) is 4.79 Å². The van der Waals surface area contributed by atoms with E-state index in [1.165, 1.54) is 0 Å². The van der Waals surface area contributed by atoms with Crippen LogP contribution in [0.25, 0.3) is 11.1 Å². The molecule has 78 valence electrons. The van der Waals surface area contributed by atoms with Crippen molar-refractivity contribution in [1.82, 2.24) is 0 Å². The Balaban J connectivity index is 2.42. The number of ketones is 1. The Morgan fingerprint density at radius 2 is 1.50 bits per heavy atom. The lowest BCUT2D eigenvalue weighted by Gasteiger charge is -2.03. The minimum Gasteiger partial charge on any atom is -0.289 e. The molecule has 0 spiro atoms. The minimum absolute atomic E-state index is 0.161. The van der Waals surface area contributed by atoms with Crippen LogP contribution in [-0.4, -0.2) is 5.78 Å². The van der Waals surface area contributed by atoms with E-state index in [4.69, 9.17) is 0 Å². The van der Waals surface area contributed by atoms with Crippen LogP contribution in [0.2, 0.25) is 0 Å². The van der Waals surface area contributed by atoms with E-state index in [1.54, 1.807) is 0 Å². The van der Waals surface area contributed by atoms with E-state index in [-0.39, 0.29) is 5.78 Å². The number of hydrogen-bond donors (Lipinski definition) is 0. The maximum atomic E-state index is 12.3. The molecule has 16 heavy (non-hydrogen) atoms. The van der Waals surface area contributed by atoms with Gasteiger partial charge in [0, 0.05) is 18.3 Å². The van der Waals surface area contributed by atoms with Gasteiger partial charge in [0.15, 0.2) is 5.78 Å². The number of rotatable bonds is 0. The zero-order valence-corrected chi connectivity index (χ0v) is 12.4. The van der Waals surface area contributed by atoms with Crippen LogP contribution >= 0.6 is 45.2 Å². The van der Waals surface area contributed by atoms with E-state index in [0.717, 1.165) is 29.4 Å². The van der Waals surface area contributed by atoms with Crippen molar-refractivity contribution in [3.63, 3.8) is 0 Å². The van der Waals surface area contributed by atoms with Gasteiger partial charge in [0.2, 0.25) is 0 Å². The van der Waals surface area contributed by atoms with Crippen LogP contribution in [0.5, 0.6) is 0 Å². The summed E-state index contributed by atoms with van der Waals surface area (Å²) < 4.78 is 2.20. The van der Waals surface area contributed by atoms with E-state index in [0.29, 0.717) is 0 Å².